The molecule has 1 aromatic heterocycles. The molecular weight excluding hydrogens is 304 g/mol. The zero-order valence-electron chi connectivity index (χ0n) is 14.5. The number of ether oxygens (including phenoxy) is 1. The fourth-order valence-corrected chi connectivity index (χ4v) is 3.22. The van der Waals surface area contributed by atoms with Gasteiger partial charge in [-0.05, 0) is 44.7 Å². The Morgan fingerprint density at radius 1 is 1.38 bits per heavy atom. The molecule has 1 amide bonds. The number of aromatic nitrogens is 3. The Labute approximate surface area is 142 Å². The summed E-state index contributed by atoms with van der Waals surface area (Å²) >= 11 is 0. The average molecular weight is 328 g/mol. The maximum absolute atomic E-state index is 13.1. The van der Waals surface area contributed by atoms with Crippen LogP contribution in [0.15, 0.2) is 18.2 Å². The number of piperidine rings is 1. The van der Waals surface area contributed by atoms with Crippen molar-refractivity contribution in [2.24, 2.45) is 0 Å². The molecule has 3 rings (SSSR count). The molecule has 1 atom stereocenters. The van der Waals surface area contributed by atoms with Gasteiger partial charge in [0.2, 0.25) is 0 Å². The summed E-state index contributed by atoms with van der Waals surface area (Å²) in [6, 6.07) is 5.93. The summed E-state index contributed by atoms with van der Waals surface area (Å²) in [5.74, 6) is 1.44. The fraction of sp³-hybridized carbons (Fsp3) is 0.500. The molecule has 0 radical (unpaired) electrons. The summed E-state index contributed by atoms with van der Waals surface area (Å²) in [5.41, 5.74) is 2.87. The third kappa shape index (κ3) is 3.33. The summed E-state index contributed by atoms with van der Waals surface area (Å²) < 4.78 is 5.09. The number of carbonyl (C=O) groups is 1. The summed E-state index contributed by atoms with van der Waals surface area (Å²) in [6.07, 6.45) is 2.98. The van der Waals surface area contributed by atoms with E-state index in [0.29, 0.717) is 18.3 Å². The molecule has 1 unspecified atom stereocenters. The van der Waals surface area contributed by atoms with Crippen LogP contribution in [0.4, 0.5) is 0 Å². The minimum absolute atomic E-state index is 0.0685. The predicted octanol–water partition coefficient (Wildman–Crippen LogP) is 2.94. The van der Waals surface area contributed by atoms with Crippen molar-refractivity contribution in [2.45, 2.75) is 45.8 Å². The molecule has 2 aromatic rings. The van der Waals surface area contributed by atoms with Gasteiger partial charge in [-0.3, -0.25) is 9.89 Å². The van der Waals surface area contributed by atoms with Gasteiger partial charge in [-0.1, -0.05) is 17.7 Å². The van der Waals surface area contributed by atoms with Gasteiger partial charge in [-0.15, -0.1) is 0 Å². The lowest BCUT2D eigenvalue weighted by Crippen LogP contribution is -2.39. The monoisotopic (exact) mass is 328 g/mol. The molecule has 1 aliphatic rings. The van der Waals surface area contributed by atoms with Crippen molar-refractivity contribution >= 4 is 5.91 Å². The van der Waals surface area contributed by atoms with Crippen LogP contribution in [-0.2, 0) is 11.3 Å². The first-order valence-corrected chi connectivity index (χ1v) is 8.38. The Balaban J connectivity index is 1.88. The van der Waals surface area contributed by atoms with Crippen molar-refractivity contribution in [1.29, 1.82) is 0 Å². The third-order valence-electron chi connectivity index (χ3n) is 4.52. The van der Waals surface area contributed by atoms with Crippen LogP contribution in [0.5, 0.6) is 0 Å². The van der Waals surface area contributed by atoms with Gasteiger partial charge < -0.3 is 9.64 Å². The minimum Gasteiger partial charge on any atom is -0.377 e. The van der Waals surface area contributed by atoms with Crippen LogP contribution in [0.2, 0.25) is 0 Å². The van der Waals surface area contributed by atoms with Gasteiger partial charge in [0.15, 0.2) is 11.6 Å². The Morgan fingerprint density at radius 3 is 3.00 bits per heavy atom. The number of methoxy groups -OCH3 is 1. The van der Waals surface area contributed by atoms with Crippen molar-refractivity contribution < 1.29 is 9.53 Å². The van der Waals surface area contributed by atoms with E-state index in [0.717, 1.165) is 42.5 Å². The van der Waals surface area contributed by atoms with E-state index in [4.69, 9.17) is 4.74 Å². The highest BCUT2D eigenvalue weighted by Crippen LogP contribution is 2.31. The maximum atomic E-state index is 13.1. The van der Waals surface area contributed by atoms with E-state index in [9.17, 15) is 4.79 Å². The van der Waals surface area contributed by atoms with E-state index < -0.39 is 0 Å². The number of hydrogen-bond acceptors (Lipinski definition) is 4. The van der Waals surface area contributed by atoms with Crippen molar-refractivity contribution in [1.82, 2.24) is 20.1 Å². The Kier molecular flexibility index (Phi) is 4.94. The first-order valence-electron chi connectivity index (χ1n) is 8.38. The average Bonchev–Trinajstić information content (AvgIpc) is 3.05. The molecule has 1 fully saturated rings. The smallest absolute Gasteiger partial charge is 0.254 e. The quantitative estimate of drug-likeness (QED) is 0.937. The van der Waals surface area contributed by atoms with Gasteiger partial charge in [-0.2, -0.15) is 5.10 Å². The number of likely N-dealkylation sites (tertiary alicyclic amines) is 1. The third-order valence-corrected chi connectivity index (χ3v) is 4.52. The van der Waals surface area contributed by atoms with E-state index in [-0.39, 0.29) is 11.9 Å². The lowest BCUT2D eigenvalue weighted by Gasteiger charge is -2.34. The highest BCUT2D eigenvalue weighted by atomic mass is 16.5. The molecule has 1 aliphatic heterocycles. The van der Waals surface area contributed by atoms with E-state index >= 15 is 0 Å². The summed E-state index contributed by atoms with van der Waals surface area (Å²) in [7, 11) is 1.62. The molecular formula is C18H24N4O2. The van der Waals surface area contributed by atoms with Crippen LogP contribution in [-0.4, -0.2) is 39.6 Å². The minimum atomic E-state index is -0.0759. The standard InChI is InChI=1S/C18H24N4O2/c1-12-7-8-13(2)14(10-12)18(23)22-9-5-4-6-15(22)17-19-16(11-24-3)20-21-17/h7-8,10,15H,4-6,9,11H2,1-3H3,(H,19,20,21). The number of rotatable bonds is 4. The van der Waals surface area contributed by atoms with Crippen molar-refractivity contribution in [3.8, 4) is 0 Å². The van der Waals surface area contributed by atoms with Gasteiger partial charge in [-0.25, -0.2) is 4.98 Å². The van der Waals surface area contributed by atoms with Gasteiger partial charge in [0.25, 0.3) is 5.91 Å². The van der Waals surface area contributed by atoms with E-state index in [1.54, 1.807) is 7.11 Å². The number of carbonyl (C=O) groups excluding carboxylic acids is 1. The molecule has 128 valence electrons. The number of aromatic amines is 1. The van der Waals surface area contributed by atoms with Crippen LogP contribution in [0.1, 0.15) is 58.4 Å². The molecule has 0 spiro atoms. The lowest BCUT2D eigenvalue weighted by atomic mass is 9.98. The van der Waals surface area contributed by atoms with Crippen LogP contribution < -0.4 is 0 Å². The molecule has 0 aliphatic carbocycles. The van der Waals surface area contributed by atoms with E-state index in [1.807, 2.05) is 36.9 Å². The van der Waals surface area contributed by atoms with Crippen LogP contribution in [0.3, 0.4) is 0 Å². The molecule has 6 heteroatoms. The number of benzene rings is 1. The highest BCUT2D eigenvalue weighted by molar-refractivity contribution is 5.96. The molecule has 0 saturated carbocycles. The Hall–Kier alpha value is -2.21. The largest absolute Gasteiger partial charge is 0.377 e. The van der Waals surface area contributed by atoms with Crippen LogP contribution in [0, 0.1) is 13.8 Å². The van der Waals surface area contributed by atoms with E-state index in [1.165, 1.54) is 0 Å². The number of hydrogen-bond donors (Lipinski definition) is 1. The Morgan fingerprint density at radius 2 is 2.21 bits per heavy atom. The topological polar surface area (TPSA) is 71.1 Å². The number of aryl methyl sites for hydroxylation is 2. The second kappa shape index (κ2) is 7.13. The van der Waals surface area contributed by atoms with Crippen LogP contribution >= 0.6 is 0 Å². The van der Waals surface area contributed by atoms with Crippen molar-refractivity contribution in [3.05, 3.63) is 46.5 Å². The molecule has 1 saturated heterocycles. The second-order valence-corrected chi connectivity index (χ2v) is 6.40. The first kappa shape index (κ1) is 16.6. The van der Waals surface area contributed by atoms with Gasteiger partial charge in [0.05, 0.1) is 6.04 Å². The molecule has 24 heavy (non-hydrogen) atoms. The van der Waals surface area contributed by atoms with Crippen molar-refractivity contribution in [3.63, 3.8) is 0 Å². The first-order chi connectivity index (χ1) is 11.6. The predicted molar refractivity (Wildman–Crippen MR) is 90.6 cm³/mol. The summed E-state index contributed by atoms with van der Waals surface area (Å²) in [6.45, 7) is 5.13. The Bertz CT molecular complexity index is 726. The summed E-state index contributed by atoms with van der Waals surface area (Å²) in [5, 5.41) is 7.21. The van der Waals surface area contributed by atoms with E-state index in [2.05, 4.69) is 15.2 Å². The number of nitrogens with zero attached hydrogens (tertiary/aromatic N) is 3. The van der Waals surface area contributed by atoms with Gasteiger partial charge >= 0.3 is 0 Å². The molecule has 0 bridgehead atoms. The SMILES string of the molecule is COCc1nc(C2CCCCN2C(=O)c2cc(C)ccc2C)n[nH]1. The summed E-state index contributed by atoms with van der Waals surface area (Å²) in [4.78, 5) is 19.6. The number of amides is 1. The lowest BCUT2D eigenvalue weighted by molar-refractivity contribution is 0.0599. The second-order valence-electron chi connectivity index (χ2n) is 6.40. The molecule has 6 nitrogen and oxygen atoms in total. The van der Waals surface area contributed by atoms with Crippen LogP contribution in [0.25, 0.3) is 0 Å². The van der Waals surface area contributed by atoms with Gasteiger partial charge in [0, 0.05) is 19.2 Å². The zero-order chi connectivity index (χ0) is 17.1. The molecule has 1 N–H and O–H groups in total. The normalized spacial score (nSPS) is 18.0. The highest BCUT2D eigenvalue weighted by Gasteiger charge is 2.32. The van der Waals surface area contributed by atoms with Crippen molar-refractivity contribution in [2.75, 3.05) is 13.7 Å². The molecule has 1 aromatic carbocycles. The zero-order valence-corrected chi connectivity index (χ0v) is 14.5. The number of H-pyrrole nitrogens is 1. The van der Waals surface area contributed by atoms with Gasteiger partial charge in [0.1, 0.15) is 6.61 Å². The molecule has 2 heterocycles. The fourth-order valence-electron chi connectivity index (χ4n) is 3.22. The number of nitrogens with one attached hydrogen (secondary N) is 1. The maximum Gasteiger partial charge on any atom is 0.254 e.